The number of aryl methyl sites for hydroxylation is 1. The summed E-state index contributed by atoms with van der Waals surface area (Å²) in [6.45, 7) is 2.01. The van der Waals surface area contributed by atoms with Gasteiger partial charge in [0.25, 0.3) is 0 Å². The first kappa shape index (κ1) is 15.5. The summed E-state index contributed by atoms with van der Waals surface area (Å²) in [5.41, 5.74) is 1.66. The second-order valence-corrected chi connectivity index (χ2v) is 6.24. The van der Waals surface area contributed by atoms with Gasteiger partial charge in [-0.2, -0.15) is 0 Å². The highest BCUT2D eigenvalue weighted by Crippen LogP contribution is 2.44. The Morgan fingerprint density at radius 1 is 1.14 bits per heavy atom. The smallest absolute Gasteiger partial charge is 0.303 e. The third-order valence-electron chi connectivity index (χ3n) is 4.51. The Morgan fingerprint density at radius 3 is 2.24 bits per heavy atom. The number of nitrogens with zero attached hydrogens (tertiary/aromatic N) is 1. The molecule has 2 rings (SSSR count). The van der Waals surface area contributed by atoms with Crippen LogP contribution in [-0.4, -0.2) is 24.0 Å². The molecule has 1 aliphatic carbocycles. The molecule has 0 aromatic heterocycles. The number of rotatable bonds is 5. The molecule has 1 N–H and O–H groups in total. The van der Waals surface area contributed by atoms with E-state index in [0.717, 1.165) is 36.9 Å². The maximum Gasteiger partial charge on any atom is 0.303 e. The van der Waals surface area contributed by atoms with Gasteiger partial charge in [0.05, 0.1) is 6.42 Å². The van der Waals surface area contributed by atoms with Gasteiger partial charge in [0.2, 0.25) is 5.91 Å². The van der Waals surface area contributed by atoms with Crippen molar-refractivity contribution in [1.29, 1.82) is 0 Å². The van der Waals surface area contributed by atoms with Crippen molar-refractivity contribution in [3.63, 3.8) is 0 Å². The third kappa shape index (κ3) is 3.84. The molecule has 1 aromatic rings. The first-order valence-corrected chi connectivity index (χ1v) is 7.47. The van der Waals surface area contributed by atoms with E-state index in [1.165, 1.54) is 0 Å². The van der Waals surface area contributed by atoms with Crippen LogP contribution >= 0.6 is 0 Å². The number of amides is 1. The number of benzene rings is 1. The molecule has 0 bridgehead atoms. The fourth-order valence-corrected chi connectivity index (χ4v) is 3.21. The van der Waals surface area contributed by atoms with E-state index in [0.29, 0.717) is 6.42 Å². The summed E-state index contributed by atoms with van der Waals surface area (Å²) in [6.07, 6.45) is 4.15. The number of carbonyl (C=O) groups excluding carboxylic acids is 1. The summed E-state index contributed by atoms with van der Waals surface area (Å²) in [5.74, 6) is -0.801. The van der Waals surface area contributed by atoms with Gasteiger partial charge in [-0.15, -0.1) is 0 Å². The Morgan fingerprint density at radius 2 is 1.71 bits per heavy atom. The van der Waals surface area contributed by atoms with Gasteiger partial charge in [0.15, 0.2) is 0 Å². The van der Waals surface area contributed by atoms with Crippen molar-refractivity contribution in [2.45, 2.75) is 45.4 Å². The molecule has 1 aliphatic rings. The highest BCUT2D eigenvalue weighted by Gasteiger charge is 2.38. The van der Waals surface area contributed by atoms with Crippen LogP contribution in [0.3, 0.4) is 0 Å². The molecule has 1 aromatic carbocycles. The first-order chi connectivity index (χ1) is 9.92. The van der Waals surface area contributed by atoms with Crippen LogP contribution in [0.4, 0.5) is 5.69 Å². The van der Waals surface area contributed by atoms with Crippen molar-refractivity contribution in [3.8, 4) is 0 Å². The van der Waals surface area contributed by atoms with Gasteiger partial charge in [0.1, 0.15) is 0 Å². The summed E-state index contributed by atoms with van der Waals surface area (Å²) >= 11 is 0. The second kappa shape index (κ2) is 6.29. The molecule has 0 aliphatic heterocycles. The number of carbonyl (C=O) groups is 2. The van der Waals surface area contributed by atoms with E-state index in [4.69, 9.17) is 5.11 Å². The number of anilines is 1. The maximum atomic E-state index is 12.5. The number of hydrogen-bond acceptors (Lipinski definition) is 2. The van der Waals surface area contributed by atoms with Crippen molar-refractivity contribution in [1.82, 2.24) is 0 Å². The predicted molar refractivity (Wildman–Crippen MR) is 82.4 cm³/mol. The van der Waals surface area contributed by atoms with Gasteiger partial charge in [-0.05, 0) is 37.3 Å². The molecule has 0 radical (unpaired) electrons. The number of aliphatic carboxylic acids is 1. The lowest BCUT2D eigenvalue weighted by Gasteiger charge is -2.29. The molecule has 1 fully saturated rings. The van der Waals surface area contributed by atoms with E-state index in [1.807, 2.05) is 31.2 Å². The van der Waals surface area contributed by atoms with Crippen LogP contribution in [0.5, 0.6) is 0 Å². The third-order valence-corrected chi connectivity index (χ3v) is 4.51. The monoisotopic (exact) mass is 289 g/mol. The molecule has 0 unspecified atom stereocenters. The maximum absolute atomic E-state index is 12.5. The van der Waals surface area contributed by atoms with Crippen molar-refractivity contribution < 1.29 is 14.7 Å². The van der Waals surface area contributed by atoms with Gasteiger partial charge in [-0.3, -0.25) is 9.59 Å². The average Bonchev–Trinajstić information content (AvgIpc) is 2.86. The fraction of sp³-hybridized carbons (Fsp3) is 0.529. The Hall–Kier alpha value is -1.84. The second-order valence-electron chi connectivity index (χ2n) is 6.24. The molecular weight excluding hydrogens is 266 g/mol. The normalized spacial score (nSPS) is 16.7. The van der Waals surface area contributed by atoms with Crippen LogP contribution in [0.15, 0.2) is 24.3 Å². The topological polar surface area (TPSA) is 57.6 Å². The van der Waals surface area contributed by atoms with Gasteiger partial charge in [-0.25, -0.2) is 0 Å². The molecule has 1 saturated carbocycles. The lowest BCUT2D eigenvalue weighted by Crippen LogP contribution is -2.33. The minimum absolute atomic E-state index is 0.00185. The summed E-state index contributed by atoms with van der Waals surface area (Å²) in [5, 5.41) is 9.11. The molecule has 4 nitrogen and oxygen atoms in total. The number of carboxylic acids is 1. The first-order valence-electron chi connectivity index (χ1n) is 7.47. The zero-order chi connectivity index (χ0) is 15.5. The Labute approximate surface area is 125 Å². The minimum atomic E-state index is -0.803. The predicted octanol–water partition coefficient (Wildman–Crippen LogP) is 3.38. The summed E-state index contributed by atoms with van der Waals surface area (Å²) in [4.78, 5) is 25.2. The molecule has 0 saturated heterocycles. The summed E-state index contributed by atoms with van der Waals surface area (Å²) < 4.78 is 0. The minimum Gasteiger partial charge on any atom is -0.481 e. The number of carboxylic acid groups (broad SMARTS) is 1. The number of hydrogen-bond donors (Lipinski definition) is 1. The molecule has 0 spiro atoms. The van der Waals surface area contributed by atoms with Crippen molar-refractivity contribution in [2.24, 2.45) is 5.41 Å². The van der Waals surface area contributed by atoms with Crippen LogP contribution in [-0.2, 0) is 9.59 Å². The van der Waals surface area contributed by atoms with Crippen LogP contribution in [0.2, 0.25) is 0 Å². The zero-order valence-corrected chi connectivity index (χ0v) is 12.8. The molecule has 0 atom stereocenters. The zero-order valence-electron chi connectivity index (χ0n) is 12.8. The highest BCUT2D eigenvalue weighted by molar-refractivity contribution is 5.93. The van der Waals surface area contributed by atoms with E-state index >= 15 is 0 Å². The molecule has 21 heavy (non-hydrogen) atoms. The van der Waals surface area contributed by atoms with Gasteiger partial charge >= 0.3 is 5.97 Å². The van der Waals surface area contributed by atoms with Crippen LogP contribution in [0.25, 0.3) is 0 Å². The standard InChI is InChI=1S/C17H23NO3/c1-13-5-7-14(8-6-13)18(2)15(19)11-17(12-16(20)21)9-3-4-10-17/h5-8H,3-4,9-12H2,1-2H3,(H,20,21). The van der Waals surface area contributed by atoms with Crippen LogP contribution < -0.4 is 4.90 Å². The fourth-order valence-electron chi connectivity index (χ4n) is 3.21. The average molecular weight is 289 g/mol. The molecule has 0 heterocycles. The summed E-state index contributed by atoms with van der Waals surface area (Å²) in [7, 11) is 1.76. The van der Waals surface area contributed by atoms with Crippen molar-refractivity contribution >= 4 is 17.6 Å². The molecular formula is C17H23NO3. The van der Waals surface area contributed by atoms with Gasteiger partial charge in [-0.1, -0.05) is 30.5 Å². The largest absolute Gasteiger partial charge is 0.481 e. The highest BCUT2D eigenvalue weighted by atomic mass is 16.4. The van der Waals surface area contributed by atoms with Crippen molar-refractivity contribution in [2.75, 3.05) is 11.9 Å². The SMILES string of the molecule is Cc1ccc(N(C)C(=O)CC2(CC(=O)O)CCCC2)cc1. The van der Waals surface area contributed by atoms with E-state index in [9.17, 15) is 9.59 Å². The van der Waals surface area contributed by atoms with Crippen LogP contribution in [0, 0.1) is 12.3 Å². The summed E-state index contributed by atoms with van der Waals surface area (Å²) in [6, 6.07) is 7.79. The van der Waals surface area contributed by atoms with E-state index in [-0.39, 0.29) is 17.7 Å². The molecule has 114 valence electrons. The Balaban J connectivity index is 2.08. The Kier molecular flexibility index (Phi) is 4.66. The van der Waals surface area contributed by atoms with Crippen molar-refractivity contribution in [3.05, 3.63) is 29.8 Å². The molecule has 4 heteroatoms. The van der Waals surface area contributed by atoms with Gasteiger partial charge in [0, 0.05) is 19.2 Å². The Bertz CT molecular complexity index is 515. The van der Waals surface area contributed by atoms with Crippen LogP contribution in [0.1, 0.15) is 44.1 Å². The van der Waals surface area contributed by atoms with E-state index in [2.05, 4.69) is 0 Å². The van der Waals surface area contributed by atoms with E-state index < -0.39 is 5.97 Å². The lowest BCUT2D eigenvalue weighted by molar-refractivity contribution is -0.140. The quantitative estimate of drug-likeness (QED) is 0.904. The molecule has 1 amide bonds. The lowest BCUT2D eigenvalue weighted by atomic mass is 9.79. The van der Waals surface area contributed by atoms with E-state index in [1.54, 1.807) is 11.9 Å². The van der Waals surface area contributed by atoms with Gasteiger partial charge < -0.3 is 10.0 Å².